The third-order valence-corrected chi connectivity index (χ3v) is 4.65. The van der Waals surface area contributed by atoms with E-state index < -0.39 is 0 Å². The third kappa shape index (κ3) is 6.29. The van der Waals surface area contributed by atoms with Crippen molar-refractivity contribution >= 4 is 17.6 Å². The first-order valence-corrected chi connectivity index (χ1v) is 9.47. The van der Waals surface area contributed by atoms with Crippen LogP contribution in [0.15, 0.2) is 23.3 Å². The van der Waals surface area contributed by atoms with Gasteiger partial charge < -0.3 is 10.6 Å². The average Bonchev–Trinajstić information content (AvgIpc) is 3.11. The van der Waals surface area contributed by atoms with Crippen LogP contribution < -0.4 is 10.6 Å². The van der Waals surface area contributed by atoms with Gasteiger partial charge in [-0.05, 0) is 57.3 Å². The number of hydrogen-bond donors (Lipinski definition) is 2. The Morgan fingerprint density at radius 3 is 2.71 bits per heavy atom. The van der Waals surface area contributed by atoms with Gasteiger partial charge in [0.25, 0.3) is 0 Å². The largest absolute Gasteiger partial charge is 0.357 e. The Hall–Kier alpha value is -1.33. The number of rotatable bonds is 8. The number of pyridine rings is 1. The summed E-state index contributed by atoms with van der Waals surface area (Å²) in [5.74, 6) is 0.900. The number of nitrogens with one attached hydrogen (secondary N) is 2. The van der Waals surface area contributed by atoms with E-state index in [1.807, 2.05) is 18.3 Å². The second-order valence-electron chi connectivity index (χ2n) is 6.19. The minimum atomic E-state index is 0.536. The monoisotopic (exact) mass is 351 g/mol. The Morgan fingerprint density at radius 1 is 1.29 bits per heavy atom. The second-order valence-corrected chi connectivity index (χ2v) is 6.58. The quantitative estimate of drug-likeness (QED) is 0.429. The summed E-state index contributed by atoms with van der Waals surface area (Å²) in [5.41, 5.74) is 1.17. The molecule has 0 radical (unpaired) electrons. The van der Waals surface area contributed by atoms with Crippen LogP contribution in [-0.4, -0.2) is 54.6 Å². The molecule has 0 aromatic carbocycles. The highest BCUT2D eigenvalue weighted by Gasteiger charge is 2.19. The molecule has 5 nitrogen and oxygen atoms in total. The number of nitrogens with zero attached hydrogens (tertiary/aromatic N) is 3. The summed E-state index contributed by atoms with van der Waals surface area (Å²) in [6, 6.07) is 4.41. The molecule has 1 aliphatic rings. The van der Waals surface area contributed by atoms with Crippen molar-refractivity contribution in [3.05, 3.63) is 29.0 Å². The van der Waals surface area contributed by atoms with Gasteiger partial charge in [-0.25, -0.2) is 4.98 Å². The lowest BCUT2D eigenvalue weighted by Crippen LogP contribution is -2.40. The van der Waals surface area contributed by atoms with Crippen molar-refractivity contribution in [1.82, 2.24) is 20.5 Å². The molecule has 0 saturated carbocycles. The van der Waals surface area contributed by atoms with Crippen molar-refractivity contribution in [1.29, 1.82) is 0 Å². The first kappa shape index (κ1) is 19.0. The molecule has 1 aliphatic heterocycles. The molecule has 24 heavy (non-hydrogen) atoms. The minimum absolute atomic E-state index is 0.536. The van der Waals surface area contributed by atoms with E-state index in [1.165, 1.54) is 31.5 Å². The average molecular weight is 352 g/mol. The molecule has 134 valence electrons. The van der Waals surface area contributed by atoms with Crippen molar-refractivity contribution in [3.8, 4) is 0 Å². The highest BCUT2D eigenvalue weighted by atomic mass is 35.5. The van der Waals surface area contributed by atoms with Crippen molar-refractivity contribution in [2.45, 2.75) is 45.6 Å². The molecule has 1 aromatic rings. The van der Waals surface area contributed by atoms with E-state index in [1.54, 1.807) is 0 Å². The molecule has 1 saturated heterocycles. The summed E-state index contributed by atoms with van der Waals surface area (Å²) in [5, 5.41) is 7.28. The first-order valence-electron chi connectivity index (χ1n) is 9.09. The van der Waals surface area contributed by atoms with Crippen LogP contribution in [0.5, 0.6) is 0 Å². The number of halogens is 1. The molecule has 1 atom stereocenters. The smallest absolute Gasteiger partial charge is 0.191 e. The van der Waals surface area contributed by atoms with E-state index in [0.29, 0.717) is 11.2 Å². The summed E-state index contributed by atoms with van der Waals surface area (Å²) in [4.78, 5) is 11.5. The Bertz CT molecular complexity index is 497. The van der Waals surface area contributed by atoms with Crippen LogP contribution >= 0.6 is 11.6 Å². The van der Waals surface area contributed by atoms with Crippen LogP contribution in [0.4, 0.5) is 0 Å². The van der Waals surface area contributed by atoms with E-state index in [9.17, 15) is 0 Å². The fourth-order valence-electron chi connectivity index (χ4n) is 3.03. The van der Waals surface area contributed by atoms with E-state index in [2.05, 4.69) is 34.4 Å². The summed E-state index contributed by atoms with van der Waals surface area (Å²) in [6.45, 7) is 9.35. The molecule has 1 aromatic heterocycles. The van der Waals surface area contributed by atoms with Gasteiger partial charge in [0.05, 0.1) is 6.54 Å². The van der Waals surface area contributed by atoms with Gasteiger partial charge in [0.1, 0.15) is 5.15 Å². The highest BCUT2D eigenvalue weighted by molar-refractivity contribution is 6.29. The number of aromatic nitrogens is 1. The maximum absolute atomic E-state index is 5.82. The van der Waals surface area contributed by atoms with Gasteiger partial charge in [0.15, 0.2) is 5.96 Å². The molecule has 0 bridgehead atoms. The predicted octanol–water partition coefficient (Wildman–Crippen LogP) is 2.71. The van der Waals surface area contributed by atoms with Crippen LogP contribution in [0.1, 0.15) is 38.7 Å². The molecular formula is C18H30ClN5. The molecule has 2 N–H and O–H groups in total. The SMILES string of the molecule is CCNC(=NCC(CC)N1CCCC1)NCCc1ccc(Cl)nc1. The molecule has 0 amide bonds. The van der Waals surface area contributed by atoms with Gasteiger partial charge >= 0.3 is 0 Å². The number of guanidine groups is 1. The lowest BCUT2D eigenvalue weighted by atomic mass is 10.2. The molecular weight excluding hydrogens is 322 g/mol. The predicted molar refractivity (Wildman–Crippen MR) is 102 cm³/mol. The molecule has 0 spiro atoms. The van der Waals surface area contributed by atoms with Gasteiger partial charge in [0, 0.05) is 25.3 Å². The molecule has 2 heterocycles. The summed E-state index contributed by atoms with van der Waals surface area (Å²) < 4.78 is 0. The maximum Gasteiger partial charge on any atom is 0.191 e. The topological polar surface area (TPSA) is 52.6 Å². The van der Waals surface area contributed by atoms with Crippen molar-refractivity contribution in [2.75, 3.05) is 32.7 Å². The Labute approximate surface area is 150 Å². The van der Waals surface area contributed by atoms with Crippen LogP contribution in [0.25, 0.3) is 0 Å². The fourth-order valence-corrected chi connectivity index (χ4v) is 3.14. The number of aliphatic imine (C=N–C) groups is 1. The highest BCUT2D eigenvalue weighted by Crippen LogP contribution is 2.14. The Balaban J connectivity index is 1.81. The maximum atomic E-state index is 5.82. The van der Waals surface area contributed by atoms with Gasteiger partial charge in [-0.2, -0.15) is 0 Å². The van der Waals surface area contributed by atoms with E-state index in [0.717, 1.165) is 38.4 Å². The third-order valence-electron chi connectivity index (χ3n) is 4.43. The fraction of sp³-hybridized carbons (Fsp3) is 0.667. The van der Waals surface area contributed by atoms with Crippen molar-refractivity contribution in [3.63, 3.8) is 0 Å². The van der Waals surface area contributed by atoms with E-state index in [4.69, 9.17) is 16.6 Å². The van der Waals surface area contributed by atoms with Gasteiger partial charge in [-0.3, -0.25) is 9.89 Å². The molecule has 1 unspecified atom stereocenters. The van der Waals surface area contributed by atoms with Crippen LogP contribution in [0, 0.1) is 0 Å². The second kappa shape index (κ2) is 10.5. The zero-order valence-electron chi connectivity index (χ0n) is 14.9. The first-order chi connectivity index (χ1) is 11.7. The number of hydrogen-bond acceptors (Lipinski definition) is 3. The molecule has 2 rings (SSSR count). The zero-order chi connectivity index (χ0) is 17.2. The van der Waals surface area contributed by atoms with Gasteiger partial charge in [-0.15, -0.1) is 0 Å². The minimum Gasteiger partial charge on any atom is -0.357 e. The lowest BCUT2D eigenvalue weighted by molar-refractivity contribution is 0.242. The number of likely N-dealkylation sites (tertiary alicyclic amines) is 1. The van der Waals surface area contributed by atoms with Gasteiger partial charge in [-0.1, -0.05) is 24.6 Å². The Kier molecular flexibility index (Phi) is 8.33. The van der Waals surface area contributed by atoms with Crippen LogP contribution in [-0.2, 0) is 6.42 Å². The van der Waals surface area contributed by atoms with Crippen LogP contribution in [0.3, 0.4) is 0 Å². The summed E-state index contributed by atoms with van der Waals surface area (Å²) in [6.07, 6.45) is 6.53. The standard InChI is InChI=1S/C18H30ClN5/c1-3-16(24-11-5-6-12-24)14-23-18(20-4-2)21-10-9-15-7-8-17(19)22-13-15/h7-8,13,16H,3-6,9-12,14H2,1-2H3,(H2,20,21,23). The van der Waals surface area contributed by atoms with Gasteiger partial charge in [0.2, 0.25) is 0 Å². The van der Waals surface area contributed by atoms with E-state index in [-0.39, 0.29) is 0 Å². The normalized spacial score (nSPS) is 17.0. The summed E-state index contributed by atoms with van der Waals surface area (Å²) >= 11 is 5.82. The van der Waals surface area contributed by atoms with E-state index >= 15 is 0 Å². The molecule has 0 aliphatic carbocycles. The van der Waals surface area contributed by atoms with Crippen molar-refractivity contribution in [2.24, 2.45) is 4.99 Å². The molecule has 1 fully saturated rings. The zero-order valence-corrected chi connectivity index (χ0v) is 15.6. The molecule has 6 heteroatoms. The van der Waals surface area contributed by atoms with Crippen LogP contribution in [0.2, 0.25) is 5.15 Å². The van der Waals surface area contributed by atoms with Crippen molar-refractivity contribution < 1.29 is 0 Å². The Morgan fingerprint density at radius 2 is 2.08 bits per heavy atom. The summed E-state index contributed by atoms with van der Waals surface area (Å²) in [7, 11) is 0. The lowest BCUT2D eigenvalue weighted by Gasteiger charge is -2.25.